The zero-order chi connectivity index (χ0) is 26.6. The monoisotopic (exact) mass is 574 g/mol. The lowest BCUT2D eigenvalue weighted by Gasteiger charge is -2.29. The molecule has 0 aliphatic carbocycles. The summed E-state index contributed by atoms with van der Waals surface area (Å²) in [6.45, 7) is 2.07. The van der Waals surface area contributed by atoms with Crippen LogP contribution < -0.4 is 10.1 Å². The molecule has 0 spiro atoms. The van der Waals surface area contributed by atoms with E-state index in [1.165, 1.54) is 4.90 Å². The fraction of sp³-hybridized carbons (Fsp3) is 0.207. The van der Waals surface area contributed by atoms with Gasteiger partial charge in [-0.1, -0.05) is 77.5 Å². The van der Waals surface area contributed by atoms with Crippen LogP contribution in [0.1, 0.15) is 41.9 Å². The van der Waals surface area contributed by atoms with Crippen LogP contribution in [0.4, 0.5) is 4.79 Å². The molecule has 3 aromatic carbocycles. The van der Waals surface area contributed by atoms with Gasteiger partial charge in [0.1, 0.15) is 30.3 Å². The predicted molar refractivity (Wildman–Crippen MR) is 146 cm³/mol. The van der Waals surface area contributed by atoms with Crippen molar-refractivity contribution in [3.63, 3.8) is 0 Å². The number of aliphatic hydroxyl groups excluding tert-OH is 1. The minimum atomic E-state index is -0.833. The molecule has 0 saturated carbocycles. The molecule has 1 aliphatic rings. The summed E-state index contributed by atoms with van der Waals surface area (Å²) >= 11 is 3.46. The Morgan fingerprint density at radius 1 is 1.03 bits per heavy atom. The average molecular weight is 575 g/mol. The number of benzene rings is 3. The summed E-state index contributed by atoms with van der Waals surface area (Å²) in [7, 11) is 0. The first-order valence-electron chi connectivity index (χ1n) is 12.3. The third-order valence-electron chi connectivity index (χ3n) is 6.65. The third-order valence-corrected chi connectivity index (χ3v) is 7.18. The lowest BCUT2D eigenvalue weighted by molar-refractivity contribution is -0.129. The smallest absolute Gasteiger partial charge is 0.325 e. The van der Waals surface area contributed by atoms with Crippen molar-refractivity contribution in [3.05, 3.63) is 106 Å². The van der Waals surface area contributed by atoms with Crippen LogP contribution in [0.3, 0.4) is 0 Å². The molecule has 3 atom stereocenters. The number of H-pyrrole nitrogens is 1. The van der Waals surface area contributed by atoms with Gasteiger partial charge in [0.15, 0.2) is 0 Å². The van der Waals surface area contributed by atoms with E-state index in [2.05, 4.69) is 31.2 Å². The number of urea groups is 1. The zero-order valence-corrected chi connectivity index (χ0v) is 22.3. The standard InChI is InChI=1S/C29H27BrN4O4/c1-18(19-5-3-2-4-6-19)26(27-31-17-24(32-27)20-7-11-22(30)12-8-20)34-28(36)25(33-29(34)37)21-9-13-23(14-10-21)38-16-15-35/h2-14,17-18,25-26,35H,15-16H2,1H3,(H,31,32)(H,33,37)/t18-,25-,26+/m1/s1. The number of nitrogens with zero attached hydrogens (tertiary/aromatic N) is 2. The molecule has 0 bridgehead atoms. The lowest BCUT2D eigenvalue weighted by atomic mass is 9.91. The SMILES string of the molecule is C[C@H](c1ccccc1)[C@@H](c1ncc(-c2ccc(Br)cc2)[nH]1)N1C(=O)N[C@H](c2ccc(OCCO)cc2)C1=O. The number of rotatable bonds is 9. The van der Waals surface area contributed by atoms with E-state index < -0.39 is 18.1 Å². The molecule has 1 aliphatic heterocycles. The van der Waals surface area contributed by atoms with E-state index in [1.54, 1.807) is 30.5 Å². The molecule has 38 heavy (non-hydrogen) atoms. The van der Waals surface area contributed by atoms with E-state index in [0.717, 1.165) is 21.3 Å². The molecule has 3 N–H and O–H groups in total. The molecule has 1 saturated heterocycles. The number of imidazole rings is 1. The number of nitrogens with one attached hydrogen (secondary N) is 2. The van der Waals surface area contributed by atoms with E-state index in [1.807, 2.05) is 61.5 Å². The van der Waals surface area contributed by atoms with Gasteiger partial charge in [-0.3, -0.25) is 9.69 Å². The van der Waals surface area contributed by atoms with Crippen LogP contribution in [-0.2, 0) is 4.79 Å². The van der Waals surface area contributed by atoms with Gasteiger partial charge in [-0.05, 0) is 41.0 Å². The van der Waals surface area contributed by atoms with Crippen LogP contribution in [0.15, 0.2) is 89.5 Å². The first-order chi connectivity index (χ1) is 18.5. The predicted octanol–water partition coefficient (Wildman–Crippen LogP) is 5.35. The Bertz CT molecular complexity index is 1410. The minimum absolute atomic E-state index is 0.0921. The van der Waals surface area contributed by atoms with Crippen LogP contribution in [0, 0.1) is 0 Å². The lowest BCUT2D eigenvalue weighted by Crippen LogP contribution is -2.38. The fourth-order valence-corrected chi connectivity index (χ4v) is 4.95. The molecule has 9 heteroatoms. The number of aromatic nitrogens is 2. The Hall–Kier alpha value is -3.95. The quantitative estimate of drug-likeness (QED) is 0.234. The van der Waals surface area contributed by atoms with Crippen LogP contribution in [-0.4, -0.2) is 45.1 Å². The fourth-order valence-electron chi connectivity index (χ4n) is 4.69. The molecule has 3 amide bonds. The summed E-state index contributed by atoms with van der Waals surface area (Å²) in [6, 6.07) is 22.6. The summed E-state index contributed by atoms with van der Waals surface area (Å²) < 4.78 is 6.38. The van der Waals surface area contributed by atoms with Crippen LogP contribution in [0.5, 0.6) is 5.75 Å². The number of aliphatic hydroxyl groups is 1. The number of ether oxygens (including phenoxy) is 1. The molecule has 0 radical (unpaired) electrons. The Morgan fingerprint density at radius 2 is 1.74 bits per heavy atom. The van der Waals surface area contributed by atoms with Gasteiger partial charge in [-0.25, -0.2) is 9.78 Å². The molecule has 2 heterocycles. The first kappa shape index (κ1) is 25.7. The highest BCUT2D eigenvalue weighted by Crippen LogP contribution is 2.39. The maximum absolute atomic E-state index is 13.8. The number of aromatic amines is 1. The van der Waals surface area contributed by atoms with Crippen molar-refractivity contribution < 1.29 is 19.4 Å². The minimum Gasteiger partial charge on any atom is -0.491 e. The van der Waals surface area contributed by atoms with Gasteiger partial charge in [-0.15, -0.1) is 0 Å². The number of hydrogen-bond acceptors (Lipinski definition) is 5. The molecule has 1 aromatic heterocycles. The van der Waals surface area contributed by atoms with Crippen LogP contribution in [0.25, 0.3) is 11.3 Å². The van der Waals surface area contributed by atoms with Gasteiger partial charge in [0.05, 0.1) is 18.5 Å². The number of carbonyl (C=O) groups is 2. The molecule has 8 nitrogen and oxygen atoms in total. The van der Waals surface area contributed by atoms with Crippen LogP contribution >= 0.6 is 15.9 Å². The molecule has 0 unspecified atom stereocenters. The highest BCUT2D eigenvalue weighted by Gasteiger charge is 2.46. The van der Waals surface area contributed by atoms with Crippen molar-refractivity contribution in [2.45, 2.75) is 24.9 Å². The summed E-state index contributed by atoms with van der Waals surface area (Å²) in [5.74, 6) is 0.510. The Labute approximate surface area is 228 Å². The van der Waals surface area contributed by atoms with E-state index in [-0.39, 0.29) is 25.0 Å². The molecular formula is C29H27BrN4O4. The second-order valence-electron chi connectivity index (χ2n) is 9.07. The first-order valence-corrected chi connectivity index (χ1v) is 13.1. The molecule has 4 aromatic rings. The van der Waals surface area contributed by atoms with Crippen molar-refractivity contribution in [2.75, 3.05) is 13.2 Å². The van der Waals surface area contributed by atoms with E-state index in [9.17, 15) is 9.59 Å². The Balaban J connectivity index is 1.48. The number of carbonyl (C=O) groups excluding carboxylic acids is 2. The number of hydrogen-bond donors (Lipinski definition) is 3. The topological polar surface area (TPSA) is 108 Å². The maximum Gasteiger partial charge on any atom is 0.325 e. The highest BCUT2D eigenvalue weighted by atomic mass is 79.9. The van der Waals surface area contributed by atoms with Gasteiger partial charge in [0.25, 0.3) is 5.91 Å². The summed E-state index contributed by atoms with van der Waals surface area (Å²) in [5, 5.41) is 11.8. The number of imide groups is 1. The van der Waals surface area contributed by atoms with E-state index in [0.29, 0.717) is 17.1 Å². The van der Waals surface area contributed by atoms with Gasteiger partial charge in [0.2, 0.25) is 0 Å². The summed E-state index contributed by atoms with van der Waals surface area (Å²) in [5.41, 5.74) is 3.35. The maximum atomic E-state index is 13.8. The van der Waals surface area contributed by atoms with Gasteiger partial charge in [-0.2, -0.15) is 0 Å². The molecule has 1 fully saturated rings. The van der Waals surface area contributed by atoms with Crippen LogP contribution in [0.2, 0.25) is 0 Å². The zero-order valence-electron chi connectivity index (χ0n) is 20.7. The van der Waals surface area contributed by atoms with Crippen molar-refractivity contribution in [1.82, 2.24) is 20.2 Å². The molecular weight excluding hydrogens is 548 g/mol. The summed E-state index contributed by atoms with van der Waals surface area (Å²) in [4.78, 5) is 36.4. The van der Waals surface area contributed by atoms with Gasteiger partial charge >= 0.3 is 6.03 Å². The Kier molecular flexibility index (Phi) is 7.57. The third kappa shape index (κ3) is 5.20. The Morgan fingerprint density at radius 3 is 2.42 bits per heavy atom. The highest BCUT2D eigenvalue weighted by molar-refractivity contribution is 9.10. The van der Waals surface area contributed by atoms with Crippen molar-refractivity contribution >= 4 is 27.9 Å². The van der Waals surface area contributed by atoms with E-state index in [4.69, 9.17) is 9.84 Å². The van der Waals surface area contributed by atoms with E-state index >= 15 is 0 Å². The number of amides is 3. The van der Waals surface area contributed by atoms with Gasteiger partial charge < -0.3 is 20.1 Å². The normalized spacial score (nSPS) is 16.8. The van der Waals surface area contributed by atoms with Crippen molar-refractivity contribution in [1.29, 1.82) is 0 Å². The second kappa shape index (κ2) is 11.2. The van der Waals surface area contributed by atoms with Crippen molar-refractivity contribution in [2.24, 2.45) is 0 Å². The second-order valence-corrected chi connectivity index (χ2v) is 9.98. The average Bonchev–Trinajstić information content (AvgIpc) is 3.54. The largest absolute Gasteiger partial charge is 0.491 e. The molecule has 5 rings (SSSR count). The number of halogens is 1. The summed E-state index contributed by atoms with van der Waals surface area (Å²) in [6.07, 6.45) is 1.73. The van der Waals surface area contributed by atoms with Crippen molar-refractivity contribution in [3.8, 4) is 17.0 Å². The molecule has 194 valence electrons. The van der Waals surface area contributed by atoms with Gasteiger partial charge in [0, 0.05) is 10.4 Å².